The number of aryl methyl sites for hydroxylation is 2. The molecule has 2 aliphatic rings. The zero-order chi connectivity index (χ0) is 28.8. The number of hydrogen-bond donors (Lipinski definition) is 1. The number of aromatic nitrogens is 1. The highest BCUT2D eigenvalue weighted by Crippen LogP contribution is 2.45. The van der Waals surface area contributed by atoms with Gasteiger partial charge < -0.3 is 14.6 Å². The number of amides is 1. The first-order chi connectivity index (χ1) is 19.7. The number of carbonyl (C=O) groups is 2. The van der Waals surface area contributed by atoms with Crippen LogP contribution in [-0.2, 0) is 16.0 Å². The highest BCUT2D eigenvalue weighted by molar-refractivity contribution is 7.22. The third-order valence-corrected chi connectivity index (χ3v) is 8.60. The molecule has 0 aliphatic carbocycles. The van der Waals surface area contributed by atoms with E-state index in [4.69, 9.17) is 14.5 Å². The molecule has 1 aromatic heterocycles. The van der Waals surface area contributed by atoms with Gasteiger partial charge in [0, 0.05) is 12.0 Å². The van der Waals surface area contributed by atoms with Crippen LogP contribution in [0.2, 0.25) is 0 Å². The van der Waals surface area contributed by atoms with E-state index >= 15 is 0 Å². The minimum Gasteiger partial charge on any atom is -0.507 e. The van der Waals surface area contributed by atoms with E-state index in [-0.39, 0.29) is 17.4 Å². The van der Waals surface area contributed by atoms with Gasteiger partial charge in [0.2, 0.25) is 0 Å². The van der Waals surface area contributed by atoms with Crippen LogP contribution in [0.25, 0.3) is 16.0 Å². The highest BCUT2D eigenvalue weighted by atomic mass is 32.1. The van der Waals surface area contributed by atoms with Crippen molar-refractivity contribution in [3.63, 3.8) is 0 Å². The average molecular weight is 569 g/mol. The van der Waals surface area contributed by atoms with Gasteiger partial charge in [-0.25, -0.2) is 4.98 Å². The maximum Gasteiger partial charge on any atom is 0.301 e. The Kier molecular flexibility index (Phi) is 7.03. The van der Waals surface area contributed by atoms with Crippen LogP contribution in [0.4, 0.5) is 5.13 Å². The van der Waals surface area contributed by atoms with Gasteiger partial charge in [0.15, 0.2) is 5.13 Å². The second-order valence-corrected chi connectivity index (χ2v) is 11.8. The molecule has 2 atom stereocenters. The molecule has 0 saturated carbocycles. The van der Waals surface area contributed by atoms with Crippen LogP contribution in [0.15, 0.2) is 60.2 Å². The summed E-state index contributed by atoms with van der Waals surface area (Å²) < 4.78 is 12.6. The monoisotopic (exact) mass is 568 g/mol. The second kappa shape index (κ2) is 10.7. The summed E-state index contributed by atoms with van der Waals surface area (Å²) in [6.07, 6.45) is 2.72. The summed E-state index contributed by atoms with van der Waals surface area (Å²) in [5.41, 5.74) is 5.03. The predicted octanol–water partition coefficient (Wildman–Crippen LogP) is 7.04. The normalized spacial score (nSPS) is 19.6. The number of rotatable bonds is 7. The van der Waals surface area contributed by atoms with E-state index < -0.39 is 17.7 Å². The molecule has 7 nitrogen and oxygen atoms in total. The number of anilines is 1. The van der Waals surface area contributed by atoms with Gasteiger partial charge in [0.05, 0.1) is 28.4 Å². The van der Waals surface area contributed by atoms with Crippen LogP contribution >= 0.6 is 11.3 Å². The van der Waals surface area contributed by atoms with Gasteiger partial charge in [-0.1, -0.05) is 42.9 Å². The Labute approximate surface area is 243 Å². The molecule has 0 spiro atoms. The van der Waals surface area contributed by atoms with E-state index in [2.05, 4.69) is 6.92 Å². The minimum absolute atomic E-state index is 0.0359. The van der Waals surface area contributed by atoms with Crippen LogP contribution < -0.4 is 14.4 Å². The van der Waals surface area contributed by atoms with Crippen molar-refractivity contribution in [2.75, 3.05) is 11.5 Å². The lowest BCUT2D eigenvalue weighted by molar-refractivity contribution is -0.132. The molecule has 0 radical (unpaired) electrons. The third kappa shape index (κ3) is 4.86. The highest BCUT2D eigenvalue weighted by Gasteiger charge is 2.48. The lowest BCUT2D eigenvalue weighted by Crippen LogP contribution is -2.29. The van der Waals surface area contributed by atoms with Crippen LogP contribution in [0.3, 0.4) is 0 Å². The van der Waals surface area contributed by atoms with Crippen molar-refractivity contribution in [3.05, 3.63) is 88.0 Å². The first kappa shape index (κ1) is 27.0. The number of nitrogens with zero attached hydrogens (tertiary/aromatic N) is 2. The van der Waals surface area contributed by atoms with E-state index in [9.17, 15) is 14.7 Å². The molecule has 2 aliphatic heterocycles. The van der Waals surface area contributed by atoms with Crippen LogP contribution in [0.1, 0.15) is 60.5 Å². The average Bonchev–Trinajstić information content (AvgIpc) is 3.61. The Morgan fingerprint density at radius 2 is 1.90 bits per heavy atom. The van der Waals surface area contributed by atoms with Crippen LogP contribution in [0, 0.1) is 13.8 Å². The molecule has 3 heterocycles. The first-order valence-electron chi connectivity index (χ1n) is 14.0. The zero-order valence-electron chi connectivity index (χ0n) is 23.6. The molecule has 4 aromatic rings. The Morgan fingerprint density at radius 3 is 2.66 bits per heavy atom. The van der Waals surface area contributed by atoms with Crippen LogP contribution in [-0.4, -0.2) is 34.5 Å². The maximum atomic E-state index is 13.7. The topological polar surface area (TPSA) is 89.0 Å². The van der Waals surface area contributed by atoms with Crippen molar-refractivity contribution in [2.24, 2.45) is 0 Å². The summed E-state index contributed by atoms with van der Waals surface area (Å²) in [5, 5.41) is 12.0. The molecule has 1 amide bonds. The molecule has 8 heteroatoms. The fourth-order valence-electron chi connectivity index (χ4n) is 5.61. The van der Waals surface area contributed by atoms with Crippen molar-refractivity contribution < 1.29 is 24.2 Å². The SMILES string of the molecule is CCCCOc1ccc([C@@H]2/C(=C(\O)c3ccc4c(c3)C[C@@H](C)O4)C(=O)C(=O)N2c2nc3c(C)cc(C)cc3s2)cc1. The first-order valence-corrected chi connectivity index (χ1v) is 14.8. The fourth-order valence-corrected chi connectivity index (χ4v) is 6.78. The number of hydrogen-bond acceptors (Lipinski definition) is 7. The molecule has 1 fully saturated rings. The smallest absolute Gasteiger partial charge is 0.301 e. The fraction of sp³-hybridized carbons (Fsp3) is 0.303. The van der Waals surface area contributed by atoms with E-state index in [0.29, 0.717) is 35.0 Å². The number of ketones is 1. The summed E-state index contributed by atoms with van der Waals surface area (Å²) in [5.74, 6) is -0.197. The maximum absolute atomic E-state index is 13.7. The van der Waals surface area contributed by atoms with Crippen molar-refractivity contribution in [1.82, 2.24) is 4.98 Å². The number of Topliss-reactive ketones (excluding diaryl/α,β-unsaturated/α-hetero) is 1. The van der Waals surface area contributed by atoms with E-state index in [1.807, 2.05) is 63.2 Å². The van der Waals surface area contributed by atoms with Gasteiger partial charge >= 0.3 is 5.91 Å². The van der Waals surface area contributed by atoms with Gasteiger partial charge in [-0.15, -0.1) is 0 Å². The summed E-state index contributed by atoms with van der Waals surface area (Å²) in [6, 6.07) is 16.0. The summed E-state index contributed by atoms with van der Waals surface area (Å²) in [7, 11) is 0. The Hall–Kier alpha value is -4.17. The van der Waals surface area contributed by atoms with Gasteiger partial charge in [0.1, 0.15) is 23.4 Å². The minimum atomic E-state index is -0.856. The van der Waals surface area contributed by atoms with E-state index in [1.54, 1.807) is 12.1 Å². The molecule has 210 valence electrons. The lowest BCUT2D eigenvalue weighted by Gasteiger charge is -2.23. The van der Waals surface area contributed by atoms with Crippen molar-refractivity contribution in [3.8, 4) is 11.5 Å². The summed E-state index contributed by atoms with van der Waals surface area (Å²) in [4.78, 5) is 33.6. The summed E-state index contributed by atoms with van der Waals surface area (Å²) in [6.45, 7) is 8.71. The van der Waals surface area contributed by atoms with Crippen molar-refractivity contribution >= 4 is 44.1 Å². The number of unbranched alkanes of at least 4 members (excludes halogenated alkanes) is 1. The summed E-state index contributed by atoms with van der Waals surface area (Å²) >= 11 is 1.37. The second-order valence-electron chi connectivity index (χ2n) is 10.8. The van der Waals surface area contributed by atoms with Gasteiger partial charge in [-0.3, -0.25) is 14.5 Å². The Morgan fingerprint density at radius 1 is 1.12 bits per heavy atom. The molecular weight excluding hydrogens is 536 g/mol. The molecular formula is C33H32N2O5S. The Balaban J connectivity index is 1.48. The number of ether oxygens (including phenoxy) is 2. The predicted molar refractivity (Wildman–Crippen MR) is 161 cm³/mol. The largest absolute Gasteiger partial charge is 0.507 e. The standard InChI is InChI=1S/C33H32N2O5S/c1-5-6-13-39-24-10-7-21(8-11-24)29-27(30(36)22-9-12-25-23(17-22)16-20(4)40-25)31(37)32(38)35(29)33-34-28-19(3)14-18(2)15-26(28)41-33/h7-12,14-15,17,20,29,36H,5-6,13,16H2,1-4H3/b30-27+/t20-,29-/m1/s1. The zero-order valence-corrected chi connectivity index (χ0v) is 24.4. The molecule has 1 N–H and O–H groups in total. The molecule has 41 heavy (non-hydrogen) atoms. The molecule has 6 rings (SSSR count). The van der Waals surface area contributed by atoms with E-state index in [1.165, 1.54) is 16.2 Å². The number of aliphatic hydroxyl groups excluding tert-OH is 1. The molecule has 3 aromatic carbocycles. The number of thiazole rings is 1. The van der Waals surface area contributed by atoms with Gasteiger partial charge in [-0.05, 0) is 85.8 Å². The number of aliphatic hydroxyl groups is 1. The Bertz CT molecular complexity index is 1700. The number of benzene rings is 3. The molecule has 0 unspecified atom stereocenters. The molecule has 1 saturated heterocycles. The lowest BCUT2D eigenvalue weighted by atomic mass is 9.94. The van der Waals surface area contributed by atoms with Gasteiger partial charge in [-0.2, -0.15) is 0 Å². The van der Waals surface area contributed by atoms with Gasteiger partial charge in [0.25, 0.3) is 5.78 Å². The van der Waals surface area contributed by atoms with Crippen molar-refractivity contribution in [1.29, 1.82) is 0 Å². The molecule has 0 bridgehead atoms. The third-order valence-electron chi connectivity index (χ3n) is 7.60. The quantitative estimate of drug-likeness (QED) is 0.111. The number of fused-ring (bicyclic) bond motifs is 2. The number of carbonyl (C=O) groups excluding carboxylic acids is 2. The van der Waals surface area contributed by atoms with E-state index in [0.717, 1.165) is 45.5 Å². The van der Waals surface area contributed by atoms with Crippen molar-refractivity contribution in [2.45, 2.75) is 59.1 Å². The van der Waals surface area contributed by atoms with Crippen LogP contribution in [0.5, 0.6) is 11.5 Å².